The molecule has 1 aliphatic rings. The maximum absolute atomic E-state index is 5.08. The molecule has 0 radical (unpaired) electrons. The number of hydrogen-bond donors (Lipinski definition) is 0. The highest BCUT2D eigenvalue weighted by molar-refractivity contribution is 4.46. The summed E-state index contributed by atoms with van der Waals surface area (Å²) in [4.78, 5) is 0. The van der Waals surface area contributed by atoms with Crippen LogP contribution >= 0.6 is 0 Å². The summed E-state index contributed by atoms with van der Waals surface area (Å²) in [7, 11) is 0. The summed E-state index contributed by atoms with van der Waals surface area (Å²) in [5, 5.41) is 0. The van der Waals surface area contributed by atoms with Crippen LogP contribution in [0.2, 0.25) is 0 Å². The van der Waals surface area contributed by atoms with Crippen molar-refractivity contribution < 1.29 is 9.47 Å². The van der Waals surface area contributed by atoms with E-state index >= 15 is 0 Å². The van der Waals surface area contributed by atoms with Crippen molar-refractivity contribution in [3.05, 3.63) is 0 Å². The van der Waals surface area contributed by atoms with Crippen molar-refractivity contribution in [2.75, 3.05) is 13.2 Å². The van der Waals surface area contributed by atoms with Crippen molar-refractivity contribution >= 4 is 0 Å². The van der Waals surface area contributed by atoms with Crippen molar-refractivity contribution in [2.24, 2.45) is 0 Å². The van der Waals surface area contributed by atoms with Gasteiger partial charge in [0.15, 0.2) is 6.29 Å². The maximum atomic E-state index is 5.08. The zero-order chi connectivity index (χ0) is 7.11. The fourth-order valence-corrected chi connectivity index (χ4v) is 0.643. The lowest BCUT2D eigenvalue weighted by molar-refractivity contribution is -0.0430. The smallest absolute Gasteiger partial charge is 0.157 e. The van der Waals surface area contributed by atoms with E-state index < -0.39 is 0 Å². The zero-order valence-electron chi connectivity index (χ0n) is 6.52. The van der Waals surface area contributed by atoms with E-state index in [1.54, 1.807) is 0 Å². The Bertz CT molecular complexity index is 49.2. The number of rotatable bonds is 1. The molecule has 0 bridgehead atoms. The van der Waals surface area contributed by atoms with Crippen LogP contribution in [-0.4, -0.2) is 19.5 Å². The first-order valence-corrected chi connectivity index (χ1v) is 3.66. The molecule has 2 heteroatoms. The molecule has 1 aliphatic heterocycles. The molecule has 10 heavy (non-hydrogen) atoms. The molecule has 0 atom stereocenters. The van der Waals surface area contributed by atoms with E-state index in [9.17, 15) is 0 Å². The van der Waals surface area contributed by atoms with E-state index in [1.165, 1.54) is 0 Å². The largest absolute Gasteiger partial charge is 0.350 e. The first kappa shape index (κ1) is 12.6. The van der Waals surface area contributed by atoms with Gasteiger partial charge in [0.2, 0.25) is 0 Å². The second-order valence-corrected chi connectivity index (χ2v) is 1.58. The first-order chi connectivity index (χ1) is 4.43. The van der Waals surface area contributed by atoms with Crippen molar-refractivity contribution in [3.63, 3.8) is 0 Å². The zero-order valence-corrected chi connectivity index (χ0v) is 6.52. The Hall–Kier alpha value is -0.0800. The lowest BCUT2D eigenvalue weighted by Gasteiger charge is -2.01. The van der Waals surface area contributed by atoms with Crippen LogP contribution in [0.5, 0.6) is 0 Å². The average molecular weight is 148 g/mol. The minimum Gasteiger partial charge on any atom is -0.350 e. The van der Waals surface area contributed by atoms with Crippen LogP contribution in [0, 0.1) is 0 Å². The minimum absolute atomic E-state index is 0. The third-order valence-electron chi connectivity index (χ3n) is 1.02. The van der Waals surface area contributed by atoms with Gasteiger partial charge in [0.25, 0.3) is 0 Å². The second-order valence-electron chi connectivity index (χ2n) is 1.58. The van der Waals surface area contributed by atoms with Gasteiger partial charge in [0.05, 0.1) is 13.2 Å². The highest BCUT2D eigenvalue weighted by atomic mass is 16.7. The fraction of sp³-hybridized carbons (Fsp3) is 1.00. The van der Waals surface area contributed by atoms with Gasteiger partial charge < -0.3 is 9.47 Å². The quantitative estimate of drug-likeness (QED) is 0.568. The van der Waals surface area contributed by atoms with E-state index in [1.807, 2.05) is 13.8 Å². The lowest BCUT2D eigenvalue weighted by Crippen LogP contribution is -2.03. The molecule has 64 valence electrons. The second kappa shape index (κ2) is 8.92. The van der Waals surface area contributed by atoms with Crippen molar-refractivity contribution in [1.29, 1.82) is 0 Å². The van der Waals surface area contributed by atoms with Crippen LogP contribution in [0.3, 0.4) is 0 Å². The Morgan fingerprint density at radius 1 is 1.20 bits per heavy atom. The SMILES string of the molecule is C.CC.CCC1OCCO1. The van der Waals surface area contributed by atoms with E-state index in [-0.39, 0.29) is 13.7 Å². The summed E-state index contributed by atoms with van der Waals surface area (Å²) in [5.74, 6) is 0. The Kier molecular flexibility index (Phi) is 11.2. The number of ether oxygens (including phenoxy) is 2. The minimum atomic E-state index is 0. The molecule has 1 fully saturated rings. The van der Waals surface area contributed by atoms with Crippen LogP contribution in [-0.2, 0) is 9.47 Å². The van der Waals surface area contributed by atoms with Gasteiger partial charge in [-0.25, -0.2) is 0 Å². The summed E-state index contributed by atoms with van der Waals surface area (Å²) in [6.45, 7) is 7.60. The van der Waals surface area contributed by atoms with Gasteiger partial charge in [0, 0.05) is 0 Å². The van der Waals surface area contributed by atoms with Gasteiger partial charge in [-0.1, -0.05) is 28.2 Å². The summed E-state index contributed by atoms with van der Waals surface area (Å²) >= 11 is 0. The molecule has 0 unspecified atom stereocenters. The van der Waals surface area contributed by atoms with E-state index in [2.05, 4.69) is 6.92 Å². The molecule has 0 aromatic rings. The molecular formula is C8H20O2. The summed E-state index contributed by atoms with van der Waals surface area (Å²) < 4.78 is 10.2. The topological polar surface area (TPSA) is 18.5 Å². The van der Waals surface area contributed by atoms with Crippen molar-refractivity contribution in [2.45, 2.75) is 40.9 Å². The predicted octanol–water partition coefficient (Wildman–Crippen LogP) is 2.43. The van der Waals surface area contributed by atoms with Gasteiger partial charge in [0.1, 0.15) is 0 Å². The van der Waals surface area contributed by atoms with Crippen LogP contribution in [0.4, 0.5) is 0 Å². The molecule has 1 rings (SSSR count). The standard InChI is InChI=1S/C5H10O2.C2H6.CH4/c1-2-5-6-3-4-7-5;1-2;/h5H,2-4H2,1H3;1-2H3;1H4. The van der Waals surface area contributed by atoms with Gasteiger partial charge >= 0.3 is 0 Å². The lowest BCUT2D eigenvalue weighted by atomic mass is 10.5. The molecule has 0 aromatic carbocycles. The van der Waals surface area contributed by atoms with E-state index in [4.69, 9.17) is 9.47 Å². The molecule has 0 aliphatic carbocycles. The van der Waals surface area contributed by atoms with Crippen LogP contribution < -0.4 is 0 Å². The predicted molar refractivity (Wildman–Crippen MR) is 44.1 cm³/mol. The highest BCUT2D eigenvalue weighted by Crippen LogP contribution is 2.05. The molecule has 1 saturated heterocycles. The highest BCUT2D eigenvalue weighted by Gasteiger charge is 2.11. The molecule has 0 saturated carbocycles. The monoisotopic (exact) mass is 148 g/mol. The normalized spacial score (nSPS) is 17.1. The average Bonchev–Trinajstić information content (AvgIpc) is 2.43. The Morgan fingerprint density at radius 2 is 1.60 bits per heavy atom. The molecule has 0 aromatic heterocycles. The van der Waals surface area contributed by atoms with E-state index in [0.717, 1.165) is 19.6 Å². The third-order valence-corrected chi connectivity index (χ3v) is 1.02. The van der Waals surface area contributed by atoms with Crippen molar-refractivity contribution in [1.82, 2.24) is 0 Å². The summed E-state index contributed by atoms with van der Waals surface area (Å²) in [5.41, 5.74) is 0. The number of hydrogen-bond acceptors (Lipinski definition) is 2. The van der Waals surface area contributed by atoms with Crippen LogP contribution in [0.25, 0.3) is 0 Å². The van der Waals surface area contributed by atoms with Gasteiger partial charge in [-0.05, 0) is 6.42 Å². The van der Waals surface area contributed by atoms with Gasteiger partial charge in [-0.3, -0.25) is 0 Å². The maximum Gasteiger partial charge on any atom is 0.157 e. The Labute approximate surface area is 64.5 Å². The first-order valence-electron chi connectivity index (χ1n) is 3.66. The summed E-state index contributed by atoms with van der Waals surface area (Å²) in [6, 6.07) is 0. The van der Waals surface area contributed by atoms with Gasteiger partial charge in [-0.2, -0.15) is 0 Å². The molecule has 0 amide bonds. The Balaban J connectivity index is 0. The molecule has 0 spiro atoms. The molecule has 2 nitrogen and oxygen atoms in total. The summed E-state index contributed by atoms with van der Waals surface area (Å²) in [6.07, 6.45) is 1.07. The third kappa shape index (κ3) is 4.77. The van der Waals surface area contributed by atoms with Crippen LogP contribution in [0.15, 0.2) is 0 Å². The molecular weight excluding hydrogens is 128 g/mol. The van der Waals surface area contributed by atoms with Crippen LogP contribution in [0.1, 0.15) is 34.6 Å². The Morgan fingerprint density at radius 3 is 1.80 bits per heavy atom. The molecule has 1 heterocycles. The fourth-order valence-electron chi connectivity index (χ4n) is 0.643. The van der Waals surface area contributed by atoms with Crippen molar-refractivity contribution in [3.8, 4) is 0 Å². The van der Waals surface area contributed by atoms with E-state index in [0.29, 0.717) is 0 Å². The van der Waals surface area contributed by atoms with Gasteiger partial charge in [-0.15, -0.1) is 0 Å². The molecule has 0 N–H and O–H groups in total.